The SMILES string of the molecule is Cc1ccc(C)n1-c1cc2n3nc(-c4ccccc4)cc3n3nc(-c4ccccc4)cc3n2n1. The number of fused-ring (bicyclic) bond motifs is 6. The number of benzene rings is 2. The van der Waals surface area contributed by atoms with Crippen molar-refractivity contribution in [3.8, 4) is 28.3 Å². The maximum absolute atomic E-state index is 5.00. The van der Waals surface area contributed by atoms with Crippen LogP contribution in [0.15, 0.2) is 91.0 Å². The molecule has 0 saturated heterocycles. The Morgan fingerprint density at radius 3 is 1.44 bits per heavy atom. The summed E-state index contributed by atoms with van der Waals surface area (Å²) in [6.45, 7) is 4.19. The normalized spacial score (nSPS) is 11.8. The lowest BCUT2D eigenvalue weighted by Gasteiger charge is -2.03. The van der Waals surface area contributed by atoms with Crippen molar-refractivity contribution in [1.29, 1.82) is 0 Å². The number of nitrogens with zero attached hydrogens (tertiary/aromatic N) is 7. The van der Waals surface area contributed by atoms with Gasteiger partial charge in [-0.25, -0.2) is 0 Å². The minimum Gasteiger partial charge on any atom is -0.302 e. The second-order valence-electron chi connectivity index (χ2n) is 8.56. The van der Waals surface area contributed by atoms with Gasteiger partial charge in [-0.1, -0.05) is 60.7 Å². The van der Waals surface area contributed by atoms with Crippen LogP contribution < -0.4 is 0 Å². The fraction of sp³-hybridized carbons (Fsp3) is 0.0741. The fourth-order valence-corrected chi connectivity index (χ4v) is 4.70. The summed E-state index contributed by atoms with van der Waals surface area (Å²) >= 11 is 0. The average Bonchev–Trinajstić information content (AvgIpc) is 3.64. The Morgan fingerprint density at radius 1 is 0.500 bits per heavy atom. The van der Waals surface area contributed by atoms with E-state index in [1.165, 1.54) is 0 Å². The molecule has 0 amide bonds. The zero-order chi connectivity index (χ0) is 22.8. The minimum atomic E-state index is 0.855. The third kappa shape index (κ3) is 2.67. The molecular formula is C27H21N7. The van der Waals surface area contributed by atoms with E-state index in [9.17, 15) is 0 Å². The van der Waals surface area contributed by atoms with Crippen molar-refractivity contribution >= 4 is 16.9 Å². The highest BCUT2D eigenvalue weighted by Crippen LogP contribution is 2.27. The molecule has 2 aromatic carbocycles. The van der Waals surface area contributed by atoms with Crippen LogP contribution >= 0.6 is 0 Å². The molecule has 7 aromatic rings. The number of aromatic nitrogens is 7. The largest absolute Gasteiger partial charge is 0.302 e. The quantitative estimate of drug-likeness (QED) is 0.369. The third-order valence-corrected chi connectivity index (χ3v) is 6.35. The molecule has 0 spiro atoms. The highest BCUT2D eigenvalue weighted by molar-refractivity contribution is 5.72. The minimum absolute atomic E-state index is 0.855. The summed E-state index contributed by atoms with van der Waals surface area (Å²) in [5.41, 5.74) is 8.83. The van der Waals surface area contributed by atoms with Gasteiger partial charge < -0.3 is 4.57 Å². The van der Waals surface area contributed by atoms with Gasteiger partial charge in [0.1, 0.15) is 0 Å². The summed E-state index contributed by atoms with van der Waals surface area (Å²) < 4.78 is 7.95. The second kappa shape index (κ2) is 6.92. The highest BCUT2D eigenvalue weighted by atomic mass is 15.5. The van der Waals surface area contributed by atoms with E-state index in [4.69, 9.17) is 15.3 Å². The van der Waals surface area contributed by atoms with Crippen molar-refractivity contribution in [1.82, 2.24) is 33.4 Å². The van der Waals surface area contributed by atoms with Gasteiger partial charge in [0.2, 0.25) is 0 Å². The lowest BCUT2D eigenvalue weighted by Crippen LogP contribution is -2.05. The van der Waals surface area contributed by atoms with E-state index in [1.807, 2.05) is 49.9 Å². The predicted octanol–water partition coefficient (Wildman–Crippen LogP) is 5.37. The number of hydrogen-bond acceptors (Lipinski definition) is 3. The topological polar surface area (TPSA) is 56.8 Å². The van der Waals surface area contributed by atoms with Crippen molar-refractivity contribution in [3.05, 3.63) is 102 Å². The van der Waals surface area contributed by atoms with Crippen LogP contribution in [0.1, 0.15) is 11.4 Å². The van der Waals surface area contributed by atoms with Crippen LogP contribution in [0.4, 0.5) is 0 Å². The maximum atomic E-state index is 5.00. The van der Waals surface area contributed by atoms with Crippen LogP contribution in [0.25, 0.3) is 45.3 Å². The summed E-state index contributed by atoms with van der Waals surface area (Å²) in [4.78, 5) is 0. The Morgan fingerprint density at radius 2 is 0.941 bits per heavy atom. The standard InChI is InChI=1S/C27H21N7/c1-18-13-14-19(2)31(18)24-17-27-33-25(15-22(29-33)20-9-5-3-6-10-20)32-26(34(27)30-24)16-23(28-32)21-11-7-4-8-12-21/h3-17H,1-2H3. The molecule has 0 aliphatic carbocycles. The molecule has 7 rings (SSSR count). The van der Waals surface area contributed by atoms with E-state index < -0.39 is 0 Å². The molecule has 0 N–H and O–H groups in total. The predicted molar refractivity (Wildman–Crippen MR) is 132 cm³/mol. The van der Waals surface area contributed by atoms with Crippen molar-refractivity contribution in [2.75, 3.05) is 0 Å². The molecule has 0 bridgehead atoms. The number of hydrogen-bond donors (Lipinski definition) is 0. The van der Waals surface area contributed by atoms with Gasteiger partial charge in [0.25, 0.3) is 0 Å². The molecule has 164 valence electrons. The Bertz CT molecular complexity index is 1680. The lowest BCUT2D eigenvalue weighted by atomic mass is 10.2. The average molecular weight is 444 g/mol. The van der Waals surface area contributed by atoms with E-state index in [0.717, 1.165) is 56.7 Å². The van der Waals surface area contributed by atoms with Crippen molar-refractivity contribution in [2.45, 2.75) is 13.8 Å². The Balaban J connectivity index is 1.58. The van der Waals surface area contributed by atoms with Crippen LogP contribution in [0.5, 0.6) is 0 Å². The van der Waals surface area contributed by atoms with Crippen LogP contribution in [0.3, 0.4) is 0 Å². The van der Waals surface area contributed by atoms with Crippen LogP contribution in [-0.4, -0.2) is 33.4 Å². The number of aryl methyl sites for hydroxylation is 2. The van der Waals surface area contributed by atoms with Crippen molar-refractivity contribution in [2.24, 2.45) is 0 Å². The van der Waals surface area contributed by atoms with E-state index in [0.29, 0.717) is 0 Å². The Hall–Kier alpha value is -4.65. The molecule has 0 saturated carbocycles. The van der Waals surface area contributed by atoms with E-state index >= 15 is 0 Å². The first-order valence-electron chi connectivity index (χ1n) is 11.2. The molecule has 0 atom stereocenters. The maximum Gasteiger partial charge on any atom is 0.163 e. The molecule has 0 aliphatic rings. The van der Waals surface area contributed by atoms with Crippen molar-refractivity contribution < 1.29 is 0 Å². The molecule has 0 fully saturated rings. The van der Waals surface area contributed by atoms with Crippen LogP contribution in [-0.2, 0) is 0 Å². The van der Waals surface area contributed by atoms with Gasteiger partial charge in [-0.15, -0.1) is 5.10 Å². The number of rotatable bonds is 3. The van der Waals surface area contributed by atoms with Gasteiger partial charge in [0, 0.05) is 40.7 Å². The van der Waals surface area contributed by atoms with Gasteiger partial charge >= 0.3 is 0 Å². The van der Waals surface area contributed by atoms with Gasteiger partial charge in [-0.3, -0.25) is 0 Å². The summed E-state index contributed by atoms with van der Waals surface area (Å²) in [5, 5.41) is 14.9. The van der Waals surface area contributed by atoms with E-state index in [2.05, 4.69) is 73.0 Å². The zero-order valence-corrected chi connectivity index (χ0v) is 18.8. The second-order valence-corrected chi connectivity index (χ2v) is 8.56. The molecular weight excluding hydrogens is 422 g/mol. The molecule has 5 heterocycles. The fourth-order valence-electron chi connectivity index (χ4n) is 4.70. The molecule has 7 nitrogen and oxygen atoms in total. The van der Waals surface area contributed by atoms with Crippen LogP contribution in [0, 0.1) is 13.8 Å². The monoisotopic (exact) mass is 443 g/mol. The lowest BCUT2D eigenvalue weighted by molar-refractivity contribution is 0.814. The molecule has 7 heteroatoms. The van der Waals surface area contributed by atoms with Gasteiger partial charge in [0.15, 0.2) is 22.8 Å². The Kier molecular flexibility index (Phi) is 3.84. The molecule has 0 radical (unpaired) electrons. The first-order valence-corrected chi connectivity index (χ1v) is 11.2. The summed E-state index contributed by atoms with van der Waals surface area (Å²) in [6.07, 6.45) is 0. The summed E-state index contributed by atoms with van der Waals surface area (Å²) in [6, 6.07) is 30.9. The van der Waals surface area contributed by atoms with E-state index in [-0.39, 0.29) is 0 Å². The zero-order valence-electron chi connectivity index (χ0n) is 18.8. The molecule has 0 aliphatic heterocycles. The highest BCUT2D eigenvalue weighted by Gasteiger charge is 2.19. The van der Waals surface area contributed by atoms with Gasteiger partial charge in [-0.2, -0.15) is 23.7 Å². The van der Waals surface area contributed by atoms with Gasteiger partial charge in [-0.05, 0) is 26.0 Å². The van der Waals surface area contributed by atoms with Gasteiger partial charge in [0.05, 0.1) is 11.4 Å². The third-order valence-electron chi connectivity index (χ3n) is 6.35. The van der Waals surface area contributed by atoms with Crippen molar-refractivity contribution in [3.63, 3.8) is 0 Å². The smallest absolute Gasteiger partial charge is 0.163 e. The summed E-state index contributed by atoms with van der Waals surface area (Å²) in [5.74, 6) is 0.855. The molecule has 5 aromatic heterocycles. The Labute approximate surface area is 195 Å². The van der Waals surface area contributed by atoms with E-state index in [1.54, 1.807) is 0 Å². The molecule has 34 heavy (non-hydrogen) atoms. The first kappa shape index (κ1) is 18.9. The first-order chi connectivity index (χ1) is 16.7. The molecule has 0 unspecified atom stereocenters. The van der Waals surface area contributed by atoms with Crippen LogP contribution in [0.2, 0.25) is 0 Å². The summed E-state index contributed by atoms with van der Waals surface area (Å²) in [7, 11) is 0.